The fourth-order valence-electron chi connectivity index (χ4n) is 2.69. The van der Waals surface area contributed by atoms with Gasteiger partial charge in [0.2, 0.25) is 0 Å². The highest BCUT2D eigenvalue weighted by Gasteiger charge is 2.22. The van der Waals surface area contributed by atoms with Gasteiger partial charge in [-0.25, -0.2) is 9.59 Å². The molecule has 0 aliphatic heterocycles. The summed E-state index contributed by atoms with van der Waals surface area (Å²) in [6.45, 7) is 3.66. The topological polar surface area (TPSA) is 72.8 Å². The number of para-hydroxylation sites is 1. The standard InChI is InChI=1S/C22H18O5/c1-14(20(23)17-12-11-15-7-3-4-8-16(15)13-17)21(24)27-19-10-6-5-9-18(19)22(25)26-2/h3-13,20,23H,1H2,2H3. The van der Waals surface area contributed by atoms with Gasteiger partial charge >= 0.3 is 11.9 Å². The van der Waals surface area contributed by atoms with Crippen LogP contribution in [-0.4, -0.2) is 24.2 Å². The second-order valence-electron chi connectivity index (χ2n) is 5.91. The van der Waals surface area contributed by atoms with Crippen molar-refractivity contribution in [2.24, 2.45) is 0 Å². The lowest BCUT2D eigenvalue weighted by Crippen LogP contribution is -2.18. The first-order valence-electron chi connectivity index (χ1n) is 8.26. The summed E-state index contributed by atoms with van der Waals surface area (Å²) in [4.78, 5) is 24.2. The number of hydrogen-bond acceptors (Lipinski definition) is 5. The molecule has 3 rings (SSSR count). The first kappa shape index (κ1) is 18.4. The number of esters is 2. The van der Waals surface area contributed by atoms with E-state index in [1.807, 2.05) is 30.3 Å². The van der Waals surface area contributed by atoms with Gasteiger partial charge in [0.05, 0.1) is 12.7 Å². The lowest BCUT2D eigenvalue weighted by molar-refractivity contribution is -0.131. The number of rotatable bonds is 5. The minimum atomic E-state index is -1.23. The second kappa shape index (κ2) is 7.85. The highest BCUT2D eigenvalue weighted by atomic mass is 16.5. The van der Waals surface area contributed by atoms with Crippen molar-refractivity contribution in [3.63, 3.8) is 0 Å². The molecule has 136 valence electrons. The predicted octanol–water partition coefficient (Wildman–Crippen LogP) is 3.82. The Morgan fingerprint density at radius 3 is 2.37 bits per heavy atom. The number of fused-ring (bicyclic) bond motifs is 1. The molecule has 0 aliphatic rings. The first-order chi connectivity index (χ1) is 13.0. The normalized spacial score (nSPS) is 11.6. The van der Waals surface area contributed by atoms with Crippen LogP contribution in [0.5, 0.6) is 5.75 Å². The number of hydrogen-bond donors (Lipinski definition) is 1. The minimum Gasteiger partial charge on any atom is -0.465 e. The molecular weight excluding hydrogens is 344 g/mol. The zero-order valence-electron chi connectivity index (χ0n) is 14.7. The predicted molar refractivity (Wildman–Crippen MR) is 101 cm³/mol. The molecule has 1 atom stereocenters. The number of benzene rings is 3. The lowest BCUT2D eigenvalue weighted by atomic mass is 9.99. The molecule has 0 amide bonds. The highest BCUT2D eigenvalue weighted by molar-refractivity contribution is 5.96. The molecule has 3 aromatic rings. The van der Waals surface area contributed by atoms with Gasteiger partial charge in [-0.3, -0.25) is 0 Å². The van der Waals surface area contributed by atoms with Gasteiger partial charge < -0.3 is 14.6 Å². The van der Waals surface area contributed by atoms with Gasteiger partial charge in [0, 0.05) is 0 Å². The van der Waals surface area contributed by atoms with Crippen molar-refractivity contribution < 1.29 is 24.2 Å². The Labute approximate surface area is 156 Å². The van der Waals surface area contributed by atoms with E-state index >= 15 is 0 Å². The smallest absolute Gasteiger partial charge is 0.341 e. The summed E-state index contributed by atoms with van der Waals surface area (Å²) in [5.41, 5.74) is 0.503. The maximum atomic E-state index is 12.4. The van der Waals surface area contributed by atoms with Gasteiger partial charge in [0.15, 0.2) is 0 Å². The van der Waals surface area contributed by atoms with Gasteiger partial charge in [-0.1, -0.05) is 55.1 Å². The summed E-state index contributed by atoms with van der Waals surface area (Å²) in [5.74, 6) is -1.41. The zero-order valence-corrected chi connectivity index (χ0v) is 14.7. The number of carbonyl (C=O) groups is 2. The molecular formula is C22H18O5. The molecule has 0 saturated carbocycles. The third-order valence-corrected chi connectivity index (χ3v) is 4.18. The molecule has 27 heavy (non-hydrogen) atoms. The molecule has 0 heterocycles. The molecule has 0 radical (unpaired) electrons. The summed E-state index contributed by atoms with van der Waals surface area (Å²) in [5, 5.41) is 12.5. The van der Waals surface area contributed by atoms with Gasteiger partial charge in [0.25, 0.3) is 0 Å². The third-order valence-electron chi connectivity index (χ3n) is 4.18. The molecule has 0 spiro atoms. The van der Waals surface area contributed by atoms with E-state index in [9.17, 15) is 14.7 Å². The fraction of sp³-hybridized carbons (Fsp3) is 0.0909. The van der Waals surface area contributed by atoms with Crippen LogP contribution < -0.4 is 4.74 Å². The number of carbonyl (C=O) groups excluding carboxylic acids is 2. The second-order valence-corrected chi connectivity index (χ2v) is 5.91. The molecule has 0 fully saturated rings. The van der Waals surface area contributed by atoms with Crippen molar-refractivity contribution >= 4 is 22.7 Å². The molecule has 0 bridgehead atoms. The fourth-order valence-corrected chi connectivity index (χ4v) is 2.69. The van der Waals surface area contributed by atoms with E-state index in [2.05, 4.69) is 11.3 Å². The SMILES string of the molecule is C=C(C(=O)Oc1ccccc1C(=O)OC)C(O)c1ccc2ccccc2c1. The van der Waals surface area contributed by atoms with Crippen LogP contribution in [0.15, 0.2) is 78.9 Å². The Hall–Kier alpha value is -3.44. The van der Waals surface area contributed by atoms with Crippen molar-refractivity contribution in [1.82, 2.24) is 0 Å². The van der Waals surface area contributed by atoms with Crippen molar-refractivity contribution in [2.45, 2.75) is 6.10 Å². The van der Waals surface area contributed by atoms with E-state index in [0.717, 1.165) is 10.8 Å². The van der Waals surface area contributed by atoms with E-state index in [1.54, 1.807) is 24.3 Å². The van der Waals surface area contributed by atoms with Crippen LogP contribution in [0.3, 0.4) is 0 Å². The molecule has 0 aromatic heterocycles. The van der Waals surface area contributed by atoms with Gasteiger partial charge in [-0.05, 0) is 34.5 Å². The number of methoxy groups -OCH3 is 1. The van der Waals surface area contributed by atoms with E-state index < -0.39 is 18.0 Å². The monoisotopic (exact) mass is 362 g/mol. The summed E-state index contributed by atoms with van der Waals surface area (Å²) < 4.78 is 9.94. The number of aliphatic hydroxyl groups excluding tert-OH is 1. The van der Waals surface area contributed by atoms with Crippen LogP contribution >= 0.6 is 0 Å². The number of aliphatic hydroxyl groups is 1. The number of ether oxygens (including phenoxy) is 2. The summed E-state index contributed by atoms with van der Waals surface area (Å²) in [7, 11) is 1.24. The van der Waals surface area contributed by atoms with Crippen LogP contribution in [0, 0.1) is 0 Å². The molecule has 5 nitrogen and oxygen atoms in total. The van der Waals surface area contributed by atoms with E-state index in [1.165, 1.54) is 19.2 Å². The van der Waals surface area contributed by atoms with Crippen molar-refractivity contribution in [3.05, 3.63) is 90.0 Å². The van der Waals surface area contributed by atoms with Gasteiger partial charge in [-0.2, -0.15) is 0 Å². The van der Waals surface area contributed by atoms with E-state index in [4.69, 9.17) is 4.74 Å². The molecule has 0 aliphatic carbocycles. The van der Waals surface area contributed by atoms with Crippen LogP contribution in [-0.2, 0) is 9.53 Å². The molecule has 1 N–H and O–H groups in total. The van der Waals surface area contributed by atoms with Crippen LogP contribution in [0.1, 0.15) is 22.0 Å². The van der Waals surface area contributed by atoms with Crippen LogP contribution in [0.2, 0.25) is 0 Å². The van der Waals surface area contributed by atoms with Crippen molar-refractivity contribution in [2.75, 3.05) is 7.11 Å². The maximum absolute atomic E-state index is 12.4. The van der Waals surface area contributed by atoms with Gasteiger partial charge in [0.1, 0.15) is 17.4 Å². The molecule has 3 aromatic carbocycles. The average Bonchev–Trinajstić information content (AvgIpc) is 2.72. The average molecular weight is 362 g/mol. The quantitative estimate of drug-likeness (QED) is 0.424. The van der Waals surface area contributed by atoms with Crippen molar-refractivity contribution in [3.8, 4) is 5.75 Å². The third kappa shape index (κ3) is 3.88. The lowest BCUT2D eigenvalue weighted by Gasteiger charge is -2.15. The molecule has 5 heteroatoms. The highest BCUT2D eigenvalue weighted by Crippen LogP contribution is 2.27. The molecule has 1 unspecified atom stereocenters. The Kier molecular flexibility index (Phi) is 5.33. The summed E-state index contributed by atoms with van der Waals surface area (Å²) in [6.07, 6.45) is -1.23. The van der Waals surface area contributed by atoms with E-state index in [-0.39, 0.29) is 16.9 Å². The Balaban J connectivity index is 1.80. The van der Waals surface area contributed by atoms with Crippen LogP contribution in [0.4, 0.5) is 0 Å². The summed E-state index contributed by atoms with van der Waals surface area (Å²) in [6, 6.07) is 19.3. The van der Waals surface area contributed by atoms with Crippen molar-refractivity contribution in [1.29, 1.82) is 0 Å². The molecule has 0 saturated heterocycles. The Morgan fingerprint density at radius 1 is 0.963 bits per heavy atom. The van der Waals surface area contributed by atoms with Gasteiger partial charge in [-0.15, -0.1) is 0 Å². The zero-order chi connectivity index (χ0) is 19.4. The minimum absolute atomic E-state index is 0.0428. The largest absolute Gasteiger partial charge is 0.465 e. The van der Waals surface area contributed by atoms with E-state index in [0.29, 0.717) is 5.56 Å². The first-order valence-corrected chi connectivity index (χ1v) is 8.26. The Morgan fingerprint density at radius 2 is 1.63 bits per heavy atom. The van der Waals surface area contributed by atoms with Crippen LogP contribution in [0.25, 0.3) is 10.8 Å². The Bertz CT molecular complexity index is 1020. The summed E-state index contributed by atoms with van der Waals surface area (Å²) >= 11 is 0. The maximum Gasteiger partial charge on any atom is 0.341 e.